The second kappa shape index (κ2) is 5.45. The Bertz CT molecular complexity index is 515. The lowest BCUT2D eigenvalue weighted by molar-refractivity contribution is -0.118. The molecule has 1 heterocycles. The van der Waals surface area contributed by atoms with Crippen molar-refractivity contribution in [1.82, 2.24) is 5.32 Å². The molecule has 0 spiro atoms. The van der Waals surface area contributed by atoms with E-state index in [4.69, 9.17) is 0 Å². The van der Waals surface area contributed by atoms with Crippen molar-refractivity contribution in [3.05, 3.63) is 29.8 Å². The number of carbonyl (C=O) groups excluding carboxylic acids is 1. The zero-order chi connectivity index (χ0) is 15.0. The molecule has 3 heteroatoms. The lowest BCUT2D eigenvalue weighted by atomic mass is 9.87. The van der Waals surface area contributed by atoms with Gasteiger partial charge in [0.1, 0.15) is 0 Å². The molecule has 0 bridgehead atoms. The monoisotopic (exact) mass is 286 g/mol. The first kappa shape index (κ1) is 14.6. The number of fused-ring (bicyclic) bond motifs is 1. The topological polar surface area (TPSA) is 41.1 Å². The van der Waals surface area contributed by atoms with Gasteiger partial charge in [0.25, 0.3) is 0 Å². The van der Waals surface area contributed by atoms with E-state index in [1.165, 1.54) is 24.8 Å². The van der Waals surface area contributed by atoms with E-state index >= 15 is 0 Å². The average Bonchev–Trinajstić information content (AvgIpc) is 3.00. The smallest absolute Gasteiger partial charge is 0.241 e. The third-order valence-electron chi connectivity index (χ3n) is 5.05. The molecule has 0 radical (unpaired) electrons. The Kier molecular flexibility index (Phi) is 3.78. The van der Waals surface area contributed by atoms with Crippen molar-refractivity contribution in [2.24, 2.45) is 11.8 Å². The maximum absolute atomic E-state index is 12.5. The molecule has 2 aliphatic rings. The Hall–Kier alpha value is -1.35. The summed E-state index contributed by atoms with van der Waals surface area (Å²) in [7, 11) is 0. The zero-order valence-electron chi connectivity index (χ0n) is 13.3. The highest BCUT2D eigenvalue weighted by atomic mass is 16.2. The van der Waals surface area contributed by atoms with E-state index in [1.807, 2.05) is 12.1 Å². The largest absolute Gasteiger partial charge is 0.325 e. The predicted octanol–water partition coefficient (Wildman–Crippen LogP) is 3.31. The summed E-state index contributed by atoms with van der Waals surface area (Å²) in [5, 5.41) is 6.48. The molecule has 3 atom stereocenters. The van der Waals surface area contributed by atoms with Gasteiger partial charge < -0.3 is 10.6 Å². The molecule has 2 N–H and O–H groups in total. The summed E-state index contributed by atoms with van der Waals surface area (Å²) in [4.78, 5) is 12.5. The number of rotatable bonds is 2. The fourth-order valence-electron chi connectivity index (χ4n) is 3.75. The molecule has 3 unspecified atom stereocenters. The van der Waals surface area contributed by atoms with E-state index in [9.17, 15) is 4.79 Å². The van der Waals surface area contributed by atoms with Crippen LogP contribution in [-0.2, 0) is 10.2 Å². The van der Waals surface area contributed by atoms with Crippen LogP contribution in [0.3, 0.4) is 0 Å². The molecule has 1 amide bonds. The normalized spacial score (nSPS) is 28.4. The maximum atomic E-state index is 12.5. The minimum atomic E-state index is -0.000192. The van der Waals surface area contributed by atoms with E-state index in [2.05, 4.69) is 43.5 Å². The summed E-state index contributed by atoms with van der Waals surface area (Å²) in [6.07, 6.45) is 3.75. The van der Waals surface area contributed by atoms with E-state index in [1.54, 1.807) is 0 Å². The summed E-state index contributed by atoms with van der Waals surface area (Å²) in [6, 6.07) is 8.24. The molecular formula is C18H26N2O. The predicted molar refractivity (Wildman–Crippen MR) is 86.4 cm³/mol. The van der Waals surface area contributed by atoms with Crippen LogP contribution in [0.1, 0.15) is 45.6 Å². The summed E-state index contributed by atoms with van der Waals surface area (Å²) >= 11 is 0. The van der Waals surface area contributed by atoms with Crippen LogP contribution in [0.25, 0.3) is 0 Å². The van der Waals surface area contributed by atoms with Gasteiger partial charge in [0, 0.05) is 5.69 Å². The molecule has 0 aromatic heterocycles. The van der Waals surface area contributed by atoms with Crippen LogP contribution in [-0.4, -0.2) is 18.5 Å². The molecule has 114 valence electrons. The molecule has 1 aliphatic carbocycles. The number of nitrogens with one attached hydrogen (secondary N) is 2. The van der Waals surface area contributed by atoms with Crippen LogP contribution < -0.4 is 10.6 Å². The third-order valence-corrected chi connectivity index (χ3v) is 5.05. The highest BCUT2D eigenvalue weighted by Crippen LogP contribution is 2.38. The summed E-state index contributed by atoms with van der Waals surface area (Å²) in [5.41, 5.74) is 2.33. The first-order valence-electron chi connectivity index (χ1n) is 8.10. The van der Waals surface area contributed by atoms with Crippen molar-refractivity contribution < 1.29 is 4.79 Å². The van der Waals surface area contributed by atoms with Crippen molar-refractivity contribution in [3.8, 4) is 0 Å². The van der Waals surface area contributed by atoms with E-state index < -0.39 is 0 Å². The fraction of sp³-hybridized carbons (Fsp3) is 0.611. The molecule has 21 heavy (non-hydrogen) atoms. The number of hydrogen-bond acceptors (Lipinski definition) is 2. The SMILES string of the molecule is CC(C)(C)c1ccc(NC(=O)C2NCC3CCCC32)cc1. The lowest BCUT2D eigenvalue weighted by Crippen LogP contribution is -2.39. The van der Waals surface area contributed by atoms with E-state index in [0.717, 1.165) is 12.2 Å². The Morgan fingerprint density at radius 1 is 1.19 bits per heavy atom. The average molecular weight is 286 g/mol. The number of benzene rings is 1. The molecule has 3 nitrogen and oxygen atoms in total. The maximum Gasteiger partial charge on any atom is 0.241 e. The van der Waals surface area contributed by atoms with Crippen molar-refractivity contribution in [3.63, 3.8) is 0 Å². The zero-order valence-corrected chi connectivity index (χ0v) is 13.3. The second-order valence-corrected chi connectivity index (χ2v) is 7.56. The standard InChI is InChI=1S/C18H26N2O/c1-18(2,3)13-7-9-14(10-8-13)20-17(21)16-15-6-4-5-12(15)11-19-16/h7-10,12,15-16,19H,4-6,11H2,1-3H3,(H,20,21). The van der Waals surface area contributed by atoms with Gasteiger partial charge in [0.05, 0.1) is 6.04 Å². The van der Waals surface area contributed by atoms with Gasteiger partial charge in [0.2, 0.25) is 5.91 Å². The Labute approximate surface area is 127 Å². The van der Waals surface area contributed by atoms with Crippen LogP contribution in [0.15, 0.2) is 24.3 Å². The molecule has 1 saturated carbocycles. The molecule has 1 aromatic carbocycles. The van der Waals surface area contributed by atoms with Crippen molar-refractivity contribution >= 4 is 11.6 Å². The van der Waals surface area contributed by atoms with Gasteiger partial charge in [-0.2, -0.15) is 0 Å². The Morgan fingerprint density at radius 2 is 1.90 bits per heavy atom. The van der Waals surface area contributed by atoms with Gasteiger partial charge in [-0.3, -0.25) is 4.79 Å². The van der Waals surface area contributed by atoms with Crippen LogP contribution in [0.5, 0.6) is 0 Å². The van der Waals surface area contributed by atoms with Crippen molar-refractivity contribution in [2.75, 3.05) is 11.9 Å². The Morgan fingerprint density at radius 3 is 2.57 bits per heavy atom. The minimum absolute atomic E-state index is 0.000192. The lowest BCUT2D eigenvalue weighted by Gasteiger charge is -2.20. The number of amides is 1. The summed E-state index contributed by atoms with van der Waals surface area (Å²) < 4.78 is 0. The summed E-state index contributed by atoms with van der Waals surface area (Å²) in [5.74, 6) is 1.38. The van der Waals surface area contributed by atoms with E-state index in [-0.39, 0.29) is 17.4 Å². The van der Waals surface area contributed by atoms with Gasteiger partial charge in [-0.1, -0.05) is 39.3 Å². The van der Waals surface area contributed by atoms with Gasteiger partial charge in [-0.05, 0) is 54.3 Å². The third kappa shape index (κ3) is 2.98. The number of anilines is 1. The fourth-order valence-corrected chi connectivity index (χ4v) is 3.75. The van der Waals surface area contributed by atoms with Crippen LogP contribution in [0, 0.1) is 11.8 Å². The first-order chi connectivity index (χ1) is 9.95. The van der Waals surface area contributed by atoms with E-state index in [0.29, 0.717) is 11.8 Å². The second-order valence-electron chi connectivity index (χ2n) is 7.56. The van der Waals surface area contributed by atoms with Crippen molar-refractivity contribution in [1.29, 1.82) is 0 Å². The van der Waals surface area contributed by atoms with Crippen LogP contribution in [0.2, 0.25) is 0 Å². The van der Waals surface area contributed by atoms with Gasteiger partial charge in [0.15, 0.2) is 0 Å². The molecule has 1 aliphatic heterocycles. The van der Waals surface area contributed by atoms with Crippen LogP contribution in [0.4, 0.5) is 5.69 Å². The van der Waals surface area contributed by atoms with Gasteiger partial charge >= 0.3 is 0 Å². The highest BCUT2D eigenvalue weighted by Gasteiger charge is 2.42. The number of hydrogen-bond donors (Lipinski definition) is 2. The van der Waals surface area contributed by atoms with Gasteiger partial charge in [-0.25, -0.2) is 0 Å². The quantitative estimate of drug-likeness (QED) is 0.875. The molecule has 1 saturated heterocycles. The molecule has 2 fully saturated rings. The molecule has 1 aromatic rings. The number of carbonyl (C=O) groups is 1. The van der Waals surface area contributed by atoms with Crippen LogP contribution >= 0.6 is 0 Å². The highest BCUT2D eigenvalue weighted by molar-refractivity contribution is 5.95. The molecular weight excluding hydrogens is 260 g/mol. The Balaban J connectivity index is 1.65. The van der Waals surface area contributed by atoms with Crippen molar-refractivity contribution in [2.45, 2.75) is 51.5 Å². The molecule has 3 rings (SSSR count). The van der Waals surface area contributed by atoms with Gasteiger partial charge in [-0.15, -0.1) is 0 Å². The minimum Gasteiger partial charge on any atom is -0.325 e. The summed E-state index contributed by atoms with van der Waals surface area (Å²) in [6.45, 7) is 7.60. The first-order valence-corrected chi connectivity index (χ1v) is 8.10.